The Morgan fingerprint density at radius 2 is 2.00 bits per heavy atom. The van der Waals surface area contributed by atoms with E-state index in [1.165, 1.54) is 4.31 Å². The minimum absolute atomic E-state index is 0.150. The van der Waals surface area contributed by atoms with Crippen molar-refractivity contribution in [2.24, 2.45) is 0 Å². The standard InChI is InChI=1S/C7H15NO2S/c1-5-11(9,10)8(4)6-7(2)3/h2,5-6H2,1,3-4H3. The lowest BCUT2D eigenvalue weighted by molar-refractivity contribution is 0.494. The molecule has 0 unspecified atom stereocenters. The highest BCUT2D eigenvalue weighted by Crippen LogP contribution is 2.00. The van der Waals surface area contributed by atoms with Crippen LogP contribution >= 0.6 is 0 Å². The molecule has 0 fully saturated rings. The third-order valence-corrected chi connectivity index (χ3v) is 3.14. The lowest BCUT2D eigenvalue weighted by Gasteiger charge is -2.15. The zero-order valence-corrected chi connectivity index (χ0v) is 8.11. The number of hydrogen-bond acceptors (Lipinski definition) is 2. The van der Waals surface area contributed by atoms with Crippen molar-refractivity contribution in [2.75, 3.05) is 19.3 Å². The number of rotatable bonds is 4. The molecule has 0 aromatic carbocycles. The molecule has 0 amide bonds. The SMILES string of the molecule is C=C(C)CN(C)S(=O)(=O)CC. The van der Waals surface area contributed by atoms with Gasteiger partial charge in [0.05, 0.1) is 5.75 Å². The first-order valence-electron chi connectivity index (χ1n) is 3.48. The van der Waals surface area contributed by atoms with Crippen molar-refractivity contribution in [1.82, 2.24) is 4.31 Å². The maximum Gasteiger partial charge on any atom is 0.213 e. The molecule has 0 rings (SSSR count). The number of sulfonamides is 1. The van der Waals surface area contributed by atoms with Crippen LogP contribution in [0.3, 0.4) is 0 Å². The van der Waals surface area contributed by atoms with Crippen molar-refractivity contribution in [2.45, 2.75) is 13.8 Å². The lowest BCUT2D eigenvalue weighted by Crippen LogP contribution is -2.29. The second-order valence-electron chi connectivity index (χ2n) is 2.61. The van der Waals surface area contributed by atoms with Crippen LogP contribution in [0.2, 0.25) is 0 Å². The van der Waals surface area contributed by atoms with Gasteiger partial charge in [0, 0.05) is 13.6 Å². The van der Waals surface area contributed by atoms with Gasteiger partial charge in [0.25, 0.3) is 0 Å². The van der Waals surface area contributed by atoms with E-state index in [0.717, 1.165) is 5.57 Å². The van der Waals surface area contributed by atoms with Gasteiger partial charge in [-0.25, -0.2) is 12.7 Å². The van der Waals surface area contributed by atoms with Gasteiger partial charge in [0.2, 0.25) is 10.0 Å². The first-order chi connectivity index (χ1) is 4.90. The van der Waals surface area contributed by atoms with Crippen LogP contribution in [0.4, 0.5) is 0 Å². The first kappa shape index (κ1) is 10.7. The summed E-state index contributed by atoms with van der Waals surface area (Å²) >= 11 is 0. The Hall–Kier alpha value is -0.350. The molecule has 11 heavy (non-hydrogen) atoms. The highest BCUT2D eigenvalue weighted by molar-refractivity contribution is 7.89. The predicted octanol–water partition coefficient (Wildman–Crippen LogP) is 0.844. The summed E-state index contributed by atoms with van der Waals surface area (Å²) in [6, 6.07) is 0. The molecule has 0 atom stereocenters. The van der Waals surface area contributed by atoms with Gasteiger partial charge in [-0.3, -0.25) is 0 Å². The van der Waals surface area contributed by atoms with Gasteiger partial charge in [0.1, 0.15) is 0 Å². The van der Waals surface area contributed by atoms with Gasteiger partial charge < -0.3 is 0 Å². The fourth-order valence-corrected chi connectivity index (χ4v) is 1.56. The van der Waals surface area contributed by atoms with E-state index in [1.54, 1.807) is 14.0 Å². The molecular weight excluding hydrogens is 162 g/mol. The van der Waals surface area contributed by atoms with E-state index in [0.29, 0.717) is 6.54 Å². The molecule has 0 spiro atoms. The average molecular weight is 177 g/mol. The Balaban J connectivity index is 4.26. The second-order valence-corrected chi connectivity index (χ2v) is 4.98. The number of nitrogens with zero attached hydrogens (tertiary/aromatic N) is 1. The van der Waals surface area contributed by atoms with Gasteiger partial charge in [-0.2, -0.15) is 0 Å². The molecule has 0 bridgehead atoms. The minimum Gasteiger partial charge on any atom is -0.212 e. The molecule has 66 valence electrons. The van der Waals surface area contributed by atoms with Crippen molar-refractivity contribution in [3.05, 3.63) is 12.2 Å². The molecular formula is C7H15NO2S. The van der Waals surface area contributed by atoms with Crippen LogP contribution in [-0.2, 0) is 10.0 Å². The molecule has 0 aromatic rings. The summed E-state index contributed by atoms with van der Waals surface area (Å²) in [5.74, 6) is 0.150. The molecule has 0 aromatic heterocycles. The highest BCUT2D eigenvalue weighted by atomic mass is 32.2. The molecule has 3 nitrogen and oxygen atoms in total. The normalized spacial score (nSPS) is 12.0. The summed E-state index contributed by atoms with van der Waals surface area (Å²) in [4.78, 5) is 0. The number of likely N-dealkylation sites (N-methyl/N-ethyl adjacent to an activating group) is 1. The van der Waals surface area contributed by atoms with E-state index in [2.05, 4.69) is 6.58 Å². The predicted molar refractivity (Wildman–Crippen MR) is 46.9 cm³/mol. The summed E-state index contributed by atoms with van der Waals surface area (Å²) in [6.45, 7) is 7.49. The van der Waals surface area contributed by atoms with E-state index in [9.17, 15) is 8.42 Å². The third kappa shape index (κ3) is 3.53. The van der Waals surface area contributed by atoms with E-state index in [-0.39, 0.29) is 5.75 Å². The fraction of sp³-hybridized carbons (Fsp3) is 0.714. The van der Waals surface area contributed by atoms with Crippen LogP contribution in [0.15, 0.2) is 12.2 Å². The highest BCUT2D eigenvalue weighted by Gasteiger charge is 2.13. The molecule has 0 aliphatic heterocycles. The maximum atomic E-state index is 11.1. The molecule has 4 heteroatoms. The zero-order valence-electron chi connectivity index (χ0n) is 7.29. The molecule has 0 aliphatic rings. The van der Waals surface area contributed by atoms with E-state index >= 15 is 0 Å². The average Bonchev–Trinajstić information content (AvgIpc) is 1.86. The number of hydrogen-bond donors (Lipinski definition) is 0. The molecule has 0 aliphatic carbocycles. The molecule has 0 saturated heterocycles. The van der Waals surface area contributed by atoms with Gasteiger partial charge in [0.15, 0.2) is 0 Å². The van der Waals surface area contributed by atoms with Crippen molar-refractivity contribution in [1.29, 1.82) is 0 Å². The van der Waals surface area contributed by atoms with Crippen molar-refractivity contribution >= 4 is 10.0 Å². The summed E-state index contributed by atoms with van der Waals surface area (Å²) in [7, 11) is -1.46. The quantitative estimate of drug-likeness (QED) is 0.597. The fourth-order valence-electron chi connectivity index (χ4n) is 0.699. The van der Waals surface area contributed by atoms with E-state index in [1.807, 2.05) is 6.92 Å². The van der Waals surface area contributed by atoms with Crippen molar-refractivity contribution in [3.63, 3.8) is 0 Å². The Bertz CT molecular complexity index is 231. The first-order valence-corrected chi connectivity index (χ1v) is 5.09. The third-order valence-electron chi connectivity index (χ3n) is 1.33. The molecule has 0 radical (unpaired) electrons. The van der Waals surface area contributed by atoms with E-state index < -0.39 is 10.0 Å². The van der Waals surface area contributed by atoms with Crippen molar-refractivity contribution < 1.29 is 8.42 Å². The van der Waals surface area contributed by atoms with Crippen LogP contribution in [-0.4, -0.2) is 32.1 Å². The van der Waals surface area contributed by atoms with Crippen molar-refractivity contribution in [3.8, 4) is 0 Å². The van der Waals surface area contributed by atoms with Crippen LogP contribution in [0.1, 0.15) is 13.8 Å². The van der Waals surface area contributed by atoms with Gasteiger partial charge in [-0.05, 0) is 13.8 Å². The summed E-state index contributed by atoms with van der Waals surface area (Å²) in [5, 5.41) is 0. The topological polar surface area (TPSA) is 37.4 Å². The minimum atomic E-state index is -3.02. The van der Waals surface area contributed by atoms with E-state index in [4.69, 9.17) is 0 Å². The molecule has 0 saturated carbocycles. The second kappa shape index (κ2) is 3.88. The van der Waals surface area contributed by atoms with Gasteiger partial charge in [-0.15, -0.1) is 0 Å². The van der Waals surface area contributed by atoms with Crippen LogP contribution in [0.25, 0.3) is 0 Å². The largest absolute Gasteiger partial charge is 0.213 e. The molecule has 0 heterocycles. The Morgan fingerprint density at radius 3 is 2.27 bits per heavy atom. The Labute approximate surface area is 68.8 Å². The van der Waals surface area contributed by atoms with Crippen LogP contribution in [0.5, 0.6) is 0 Å². The smallest absolute Gasteiger partial charge is 0.212 e. The van der Waals surface area contributed by atoms with Crippen LogP contribution < -0.4 is 0 Å². The van der Waals surface area contributed by atoms with Gasteiger partial charge in [-0.1, -0.05) is 12.2 Å². The van der Waals surface area contributed by atoms with Crippen LogP contribution in [0, 0.1) is 0 Å². The summed E-state index contributed by atoms with van der Waals surface area (Å²) in [5.41, 5.74) is 0.851. The Morgan fingerprint density at radius 1 is 1.55 bits per heavy atom. The lowest BCUT2D eigenvalue weighted by atomic mass is 10.4. The monoisotopic (exact) mass is 177 g/mol. The zero-order chi connectivity index (χ0) is 9.07. The van der Waals surface area contributed by atoms with Gasteiger partial charge >= 0.3 is 0 Å². The molecule has 0 N–H and O–H groups in total. The maximum absolute atomic E-state index is 11.1. The Kier molecular flexibility index (Phi) is 3.75. The summed E-state index contributed by atoms with van der Waals surface area (Å²) < 4.78 is 23.6. The summed E-state index contributed by atoms with van der Waals surface area (Å²) in [6.07, 6.45) is 0.